The zero-order valence-corrected chi connectivity index (χ0v) is 17.1. The van der Waals surface area contributed by atoms with E-state index in [2.05, 4.69) is 33.9 Å². The molecule has 0 radical (unpaired) electrons. The lowest BCUT2D eigenvalue weighted by Crippen LogP contribution is -2.50. The minimum atomic E-state index is -0.416. The molecule has 28 heavy (non-hydrogen) atoms. The lowest BCUT2D eigenvalue weighted by atomic mass is 10.2. The molecule has 2 heterocycles. The summed E-state index contributed by atoms with van der Waals surface area (Å²) in [5.41, 5.74) is 1.78. The van der Waals surface area contributed by atoms with Crippen LogP contribution < -0.4 is 10.2 Å². The predicted molar refractivity (Wildman–Crippen MR) is 114 cm³/mol. The zero-order valence-electron chi connectivity index (χ0n) is 16.3. The normalized spacial score (nSPS) is 14.3. The number of aryl methyl sites for hydroxylation is 1. The van der Waals surface area contributed by atoms with Crippen LogP contribution >= 0.6 is 12.2 Å². The largest absolute Gasteiger partial charge is 0.353 e. The van der Waals surface area contributed by atoms with Crippen LogP contribution in [0.15, 0.2) is 30.3 Å². The lowest BCUT2D eigenvalue weighted by molar-refractivity contribution is -0.384. The fourth-order valence-corrected chi connectivity index (χ4v) is 3.30. The molecule has 1 aliphatic heterocycles. The Hall–Kier alpha value is -2.81. The summed E-state index contributed by atoms with van der Waals surface area (Å²) < 4.78 is 0. The molecule has 1 saturated heterocycles. The van der Waals surface area contributed by atoms with Crippen molar-refractivity contribution in [2.75, 3.05) is 36.4 Å². The number of aromatic nitrogens is 2. The van der Waals surface area contributed by atoms with Gasteiger partial charge in [-0.05, 0) is 31.3 Å². The molecule has 0 bridgehead atoms. The number of anilines is 2. The van der Waals surface area contributed by atoms with Crippen LogP contribution in [0.25, 0.3) is 0 Å². The Bertz CT molecular complexity index is 863. The van der Waals surface area contributed by atoms with Gasteiger partial charge in [-0.3, -0.25) is 10.1 Å². The number of hydrogen-bond donors (Lipinski definition) is 1. The molecule has 1 aromatic carbocycles. The number of nitro benzene ring substituents is 1. The Balaban J connectivity index is 1.59. The van der Waals surface area contributed by atoms with Gasteiger partial charge in [0.1, 0.15) is 11.6 Å². The van der Waals surface area contributed by atoms with E-state index in [9.17, 15) is 10.1 Å². The van der Waals surface area contributed by atoms with Crippen LogP contribution in [0.1, 0.15) is 31.3 Å². The topological polar surface area (TPSA) is 87.4 Å². The van der Waals surface area contributed by atoms with Gasteiger partial charge in [-0.25, -0.2) is 9.97 Å². The average Bonchev–Trinajstić information content (AvgIpc) is 2.68. The highest BCUT2D eigenvalue weighted by molar-refractivity contribution is 7.80. The summed E-state index contributed by atoms with van der Waals surface area (Å²) >= 11 is 5.51. The summed E-state index contributed by atoms with van der Waals surface area (Å²) in [5, 5.41) is 14.5. The molecule has 8 nitrogen and oxygen atoms in total. The van der Waals surface area contributed by atoms with Crippen LogP contribution in [-0.4, -0.2) is 51.1 Å². The first-order chi connectivity index (χ1) is 13.3. The number of nitrogens with one attached hydrogen (secondary N) is 1. The van der Waals surface area contributed by atoms with Crippen molar-refractivity contribution in [3.8, 4) is 0 Å². The fraction of sp³-hybridized carbons (Fsp3) is 0.421. The van der Waals surface area contributed by atoms with Crippen molar-refractivity contribution < 1.29 is 4.92 Å². The van der Waals surface area contributed by atoms with Gasteiger partial charge >= 0.3 is 0 Å². The van der Waals surface area contributed by atoms with Crippen LogP contribution in [0.3, 0.4) is 0 Å². The highest BCUT2D eigenvalue weighted by Gasteiger charge is 2.21. The molecule has 148 valence electrons. The van der Waals surface area contributed by atoms with Crippen molar-refractivity contribution in [3.63, 3.8) is 0 Å². The molecular weight excluding hydrogens is 376 g/mol. The standard InChI is InChI=1S/C19H24N6O2S/c1-13(2)18-20-14(3)12-17(22-18)23-8-10-24(11-9-23)19(28)21-15-4-6-16(7-5-15)25(26)27/h4-7,12-13H,8-11H2,1-3H3,(H,21,28). The van der Waals surface area contributed by atoms with Crippen LogP contribution in [0.2, 0.25) is 0 Å². The number of hydrogen-bond acceptors (Lipinski definition) is 6. The van der Waals surface area contributed by atoms with Gasteiger partial charge in [-0.15, -0.1) is 0 Å². The van der Waals surface area contributed by atoms with E-state index in [4.69, 9.17) is 17.2 Å². The van der Waals surface area contributed by atoms with E-state index in [0.717, 1.165) is 49.2 Å². The van der Waals surface area contributed by atoms with E-state index in [1.54, 1.807) is 12.1 Å². The zero-order chi connectivity index (χ0) is 20.3. The number of rotatable bonds is 4. The van der Waals surface area contributed by atoms with Crippen molar-refractivity contribution in [1.82, 2.24) is 14.9 Å². The van der Waals surface area contributed by atoms with E-state index >= 15 is 0 Å². The molecule has 1 aliphatic rings. The molecular formula is C19H24N6O2S. The summed E-state index contributed by atoms with van der Waals surface area (Å²) in [6.07, 6.45) is 0. The van der Waals surface area contributed by atoms with Crippen molar-refractivity contribution in [1.29, 1.82) is 0 Å². The predicted octanol–water partition coefficient (Wildman–Crippen LogP) is 3.34. The minimum Gasteiger partial charge on any atom is -0.353 e. The minimum absolute atomic E-state index is 0.0611. The molecule has 0 aliphatic carbocycles. The monoisotopic (exact) mass is 400 g/mol. The summed E-state index contributed by atoms with van der Waals surface area (Å²) in [6.45, 7) is 9.37. The average molecular weight is 401 g/mol. The number of nitro groups is 1. The van der Waals surface area contributed by atoms with E-state index in [1.165, 1.54) is 12.1 Å². The Labute approximate surface area is 169 Å². The maximum Gasteiger partial charge on any atom is 0.269 e. The van der Waals surface area contributed by atoms with E-state index in [-0.39, 0.29) is 5.69 Å². The number of piperazine rings is 1. The lowest BCUT2D eigenvalue weighted by Gasteiger charge is -2.37. The highest BCUT2D eigenvalue weighted by atomic mass is 32.1. The van der Waals surface area contributed by atoms with Gasteiger partial charge in [0.15, 0.2) is 5.11 Å². The molecule has 0 amide bonds. The van der Waals surface area contributed by atoms with Gasteiger partial charge in [-0.1, -0.05) is 13.8 Å². The first-order valence-corrected chi connectivity index (χ1v) is 9.65. The Kier molecular flexibility index (Phi) is 6.03. The smallest absolute Gasteiger partial charge is 0.269 e. The second-order valence-corrected chi connectivity index (χ2v) is 7.48. The molecule has 0 spiro atoms. The number of non-ortho nitro benzene ring substituents is 1. The second-order valence-electron chi connectivity index (χ2n) is 7.09. The van der Waals surface area contributed by atoms with E-state index < -0.39 is 4.92 Å². The third kappa shape index (κ3) is 4.72. The molecule has 0 unspecified atom stereocenters. The molecule has 0 saturated carbocycles. The van der Waals surface area contributed by atoms with Gasteiger partial charge in [0, 0.05) is 61.7 Å². The fourth-order valence-electron chi connectivity index (χ4n) is 3.00. The third-order valence-corrected chi connectivity index (χ3v) is 4.95. The molecule has 0 atom stereocenters. The van der Waals surface area contributed by atoms with Crippen LogP contribution in [-0.2, 0) is 0 Å². The summed E-state index contributed by atoms with van der Waals surface area (Å²) in [4.78, 5) is 23.9. The summed E-state index contributed by atoms with van der Waals surface area (Å²) in [5.74, 6) is 2.12. The van der Waals surface area contributed by atoms with E-state index in [0.29, 0.717) is 11.0 Å². The van der Waals surface area contributed by atoms with Gasteiger partial charge in [-0.2, -0.15) is 0 Å². The molecule has 1 fully saturated rings. The van der Waals surface area contributed by atoms with Gasteiger partial charge in [0.25, 0.3) is 5.69 Å². The Morgan fingerprint density at radius 3 is 2.39 bits per heavy atom. The quantitative estimate of drug-likeness (QED) is 0.475. The number of benzene rings is 1. The van der Waals surface area contributed by atoms with Gasteiger partial charge < -0.3 is 15.1 Å². The van der Waals surface area contributed by atoms with Crippen molar-refractivity contribution in [3.05, 3.63) is 52.0 Å². The Morgan fingerprint density at radius 2 is 1.82 bits per heavy atom. The molecule has 1 aromatic heterocycles. The van der Waals surface area contributed by atoms with Gasteiger partial charge in [0.2, 0.25) is 0 Å². The van der Waals surface area contributed by atoms with Crippen molar-refractivity contribution >= 4 is 34.5 Å². The molecule has 9 heteroatoms. The Morgan fingerprint density at radius 1 is 1.18 bits per heavy atom. The number of nitrogens with zero attached hydrogens (tertiary/aromatic N) is 5. The first kappa shape index (κ1) is 19.9. The van der Waals surface area contributed by atoms with Gasteiger partial charge in [0.05, 0.1) is 4.92 Å². The van der Waals surface area contributed by atoms with Crippen LogP contribution in [0, 0.1) is 17.0 Å². The highest BCUT2D eigenvalue weighted by Crippen LogP contribution is 2.20. The molecule has 3 rings (SSSR count). The summed E-state index contributed by atoms with van der Waals surface area (Å²) in [6, 6.07) is 8.28. The third-order valence-electron chi connectivity index (χ3n) is 4.59. The van der Waals surface area contributed by atoms with E-state index in [1.807, 2.05) is 13.0 Å². The maximum absolute atomic E-state index is 10.7. The number of thiocarbonyl (C=S) groups is 1. The molecule has 1 N–H and O–H groups in total. The van der Waals surface area contributed by atoms with Crippen molar-refractivity contribution in [2.45, 2.75) is 26.7 Å². The van der Waals surface area contributed by atoms with Crippen LogP contribution in [0.4, 0.5) is 17.2 Å². The SMILES string of the molecule is Cc1cc(N2CCN(C(=S)Nc3ccc([N+](=O)[O-])cc3)CC2)nc(C(C)C)n1. The van der Waals surface area contributed by atoms with Crippen LogP contribution in [0.5, 0.6) is 0 Å². The molecule has 2 aromatic rings. The summed E-state index contributed by atoms with van der Waals surface area (Å²) in [7, 11) is 0. The first-order valence-electron chi connectivity index (χ1n) is 9.24. The van der Waals surface area contributed by atoms with Crippen molar-refractivity contribution in [2.24, 2.45) is 0 Å². The maximum atomic E-state index is 10.7. The second kappa shape index (κ2) is 8.47.